The van der Waals surface area contributed by atoms with E-state index in [2.05, 4.69) is 58.9 Å². The Balaban J connectivity index is 1.52. The number of piperazine rings is 1. The summed E-state index contributed by atoms with van der Waals surface area (Å²) in [6, 6.07) is 19.1. The summed E-state index contributed by atoms with van der Waals surface area (Å²) >= 11 is 1.78. The number of aliphatic hydroxyl groups is 1. The largest absolute Gasteiger partial charge is 0.396 e. The van der Waals surface area contributed by atoms with E-state index >= 15 is 0 Å². The van der Waals surface area contributed by atoms with Crippen molar-refractivity contribution in [3.8, 4) is 0 Å². The van der Waals surface area contributed by atoms with Gasteiger partial charge in [0.1, 0.15) is 10.8 Å². The third-order valence-corrected chi connectivity index (χ3v) is 6.73. The number of para-hydroxylation sites is 2. The molecule has 3 heterocycles. The van der Waals surface area contributed by atoms with E-state index in [-0.39, 0.29) is 12.6 Å². The monoisotopic (exact) mass is 418 g/mol. The Morgan fingerprint density at radius 1 is 1.17 bits per heavy atom. The van der Waals surface area contributed by atoms with Crippen LogP contribution in [0.4, 0.5) is 16.4 Å². The maximum atomic E-state index is 9.48. The fourth-order valence-electron chi connectivity index (χ4n) is 4.36. The van der Waals surface area contributed by atoms with Crippen LogP contribution in [0.5, 0.6) is 0 Å². The quantitative estimate of drug-likeness (QED) is 0.591. The number of fused-ring (bicyclic) bond motifs is 2. The Bertz CT molecular complexity index is 1090. The van der Waals surface area contributed by atoms with Crippen molar-refractivity contribution < 1.29 is 5.11 Å². The molecule has 3 N–H and O–H groups in total. The lowest BCUT2D eigenvalue weighted by atomic mass is 9.96. The second kappa shape index (κ2) is 8.22. The van der Waals surface area contributed by atoms with Crippen LogP contribution >= 0.6 is 11.3 Å². The van der Waals surface area contributed by atoms with Crippen molar-refractivity contribution in [1.29, 1.82) is 0 Å². The van der Waals surface area contributed by atoms with Gasteiger partial charge in [-0.1, -0.05) is 36.4 Å². The first kappa shape index (κ1) is 19.3. The van der Waals surface area contributed by atoms with Crippen molar-refractivity contribution in [1.82, 2.24) is 10.2 Å². The molecular weight excluding hydrogens is 392 g/mol. The van der Waals surface area contributed by atoms with Crippen LogP contribution in [0.15, 0.2) is 59.6 Å². The number of aliphatic hydroxyl groups excluding tert-OH is 1. The Kier molecular flexibility index (Phi) is 5.29. The average Bonchev–Trinajstić information content (AvgIpc) is 3.06. The predicted octanol–water partition coefficient (Wildman–Crippen LogP) is 4.37. The summed E-state index contributed by atoms with van der Waals surface area (Å²) in [6.45, 7) is 4.97. The highest BCUT2D eigenvalue weighted by Crippen LogP contribution is 2.39. The van der Waals surface area contributed by atoms with Crippen molar-refractivity contribution in [3.05, 3.63) is 76.2 Å². The molecule has 2 aliphatic heterocycles. The van der Waals surface area contributed by atoms with Gasteiger partial charge in [0, 0.05) is 31.1 Å². The lowest BCUT2D eigenvalue weighted by molar-refractivity contribution is 0.287. The molecular formula is C24H26N4OS. The number of hydrogen-bond donors (Lipinski definition) is 3. The van der Waals surface area contributed by atoms with Crippen LogP contribution in [0.2, 0.25) is 0 Å². The fourth-order valence-corrected chi connectivity index (χ4v) is 5.28. The molecule has 0 amide bonds. The summed E-state index contributed by atoms with van der Waals surface area (Å²) in [7, 11) is 0. The lowest BCUT2D eigenvalue weighted by Crippen LogP contribution is -2.48. The maximum Gasteiger partial charge on any atom is 0.139 e. The molecule has 3 aromatic rings. The zero-order valence-corrected chi connectivity index (χ0v) is 17.9. The van der Waals surface area contributed by atoms with Crippen molar-refractivity contribution in [3.63, 3.8) is 0 Å². The van der Waals surface area contributed by atoms with E-state index in [0.29, 0.717) is 6.42 Å². The van der Waals surface area contributed by atoms with E-state index in [4.69, 9.17) is 4.99 Å². The normalized spacial score (nSPS) is 18.1. The number of rotatable bonds is 3. The molecule has 30 heavy (non-hydrogen) atoms. The number of aliphatic imine (C=N–C) groups is 1. The molecule has 1 atom stereocenters. The molecule has 5 rings (SSSR count). The van der Waals surface area contributed by atoms with Gasteiger partial charge in [0.25, 0.3) is 0 Å². The second-order valence-electron chi connectivity index (χ2n) is 7.80. The topological polar surface area (TPSA) is 59.9 Å². The molecule has 2 aromatic carbocycles. The first-order valence-electron chi connectivity index (χ1n) is 10.5. The Labute approximate surface area is 181 Å². The minimum atomic E-state index is 0.167. The minimum Gasteiger partial charge on any atom is -0.396 e. The number of nitrogens with one attached hydrogen (secondary N) is 2. The highest BCUT2D eigenvalue weighted by molar-refractivity contribution is 7.16. The van der Waals surface area contributed by atoms with E-state index in [1.165, 1.54) is 21.6 Å². The average molecular weight is 419 g/mol. The first-order chi connectivity index (χ1) is 14.7. The summed E-state index contributed by atoms with van der Waals surface area (Å²) in [6.07, 6.45) is 0.681. The molecule has 0 aliphatic carbocycles. The van der Waals surface area contributed by atoms with Gasteiger partial charge >= 0.3 is 0 Å². The van der Waals surface area contributed by atoms with Gasteiger partial charge in [0.2, 0.25) is 0 Å². The van der Waals surface area contributed by atoms with Gasteiger partial charge in [-0.25, -0.2) is 4.99 Å². The highest BCUT2D eigenvalue weighted by atomic mass is 32.1. The SMILES string of the molecule is Cc1cc2c(s1)Nc1ccccc1N=C2N1CCNC(c2ccccc2CCO)C1. The molecule has 0 saturated carbocycles. The van der Waals surface area contributed by atoms with Crippen LogP contribution in [0.3, 0.4) is 0 Å². The summed E-state index contributed by atoms with van der Waals surface area (Å²) in [4.78, 5) is 8.81. The van der Waals surface area contributed by atoms with Gasteiger partial charge in [-0.2, -0.15) is 0 Å². The zero-order valence-electron chi connectivity index (χ0n) is 17.1. The second-order valence-corrected chi connectivity index (χ2v) is 9.06. The molecule has 0 radical (unpaired) electrons. The fraction of sp³-hybridized carbons (Fsp3) is 0.292. The zero-order chi connectivity index (χ0) is 20.5. The third kappa shape index (κ3) is 3.62. The van der Waals surface area contributed by atoms with Crippen LogP contribution in [0, 0.1) is 6.92 Å². The van der Waals surface area contributed by atoms with E-state index < -0.39 is 0 Å². The number of anilines is 2. The van der Waals surface area contributed by atoms with Gasteiger partial charge in [-0.3, -0.25) is 0 Å². The van der Waals surface area contributed by atoms with Crippen LogP contribution in [0.25, 0.3) is 0 Å². The summed E-state index contributed by atoms with van der Waals surface area (Å²) in [5.74, 6) is 1.04. The minimum absolute atomic E-state index is 0.167. The first-order valence-corrected chi connectivity index (χ1v) is 11.3. The van der Waals surface area contributed by atoms with Gasteiger partial charge in [-0.05, 0) is 42.7 Å². The number of nitrogens with zero attached hydrogens (tertiary/aromatic N) is 2. The predicted molar refractivity (Wildman–Crippen MR) is 125 cm³/mol. The van der Waals surface area contributed by atoms with Gasteiger partial charge in [0.05, 0.1) is 23.0 Å². The molecule has 1 aromatic heterocycles. The molecule has 154 valence electrons. The Hall–Kier alpha value is -2.67. The van der Waals surface area contributed by atoms with E-state index in [1.54, 1.807) is 11.3 Å². The van der Waals surface area contributed by atoms with Crippen LogP contribution in [-0.4, -0.2) is 42.1 Å². The Morgan fingerprint density at radius 3 is 2.90 bits per heavy atom. The van der Waals surface area contributed by atoms with Crippen LogP contribution < -0.4 is 10.6 Å². The standard InChI is InChI=1S/C24H26N4OS/c1-16-14-19-23(26-20-8-4-5-9-21(20)27-24(19)30-16)28-12-11-25-22(15-28)18-7-3-2-6-17(18)10-13-29/h2-9,14,22,25,27,29H,10-13,15H2,1H3. The van der Waals surface area contributed by atoms with Crippen molar-refractivity contribution in [2.75, 3.05) is 31.6 Å². The maximum absolute atomic E-state index is 9.48. The van der Waals surface area contributed by atoms with Crippen molar-refractivity contribution >= 4 is 33.5 Å². The molecule has 1 fully saturated rings. The molecule has 0 spiro atoms. The highest BCUT2D eigenvalue weighted by Gasteiger charge is 2.28. The molecule has 1 saturated heterocycles. The van der Waals surface area contributed by atoms with E-state index in [0.717, 1.165) is 41.8 Å². The molecule has 6 heteroatoms. The molecule has 0 bridgehead atoms. The third-order valence-electron chi connectivity index (χ3n) is 5.76. The summed E-state index contributed by atoms with van der Waals surface area (Å²) in [5, 5.41) is 17.9. The molecule has 1 unspecified atom stereocenters. The number of thiophene rings is 1. The van der Waals surface area contributed by atoms with E-state index in [9.17, 15) is 5.11 Å². The van der Waals surface area contributed by atoms with Crippen LogP contribution in [0.1, 0.15) is 27.6 Å². The molecule has 5 nitrogen and oxygen atoms in total. The van der Waals surface area contributed by atoms with Gasteiger partial charge < -0.3 is 20.6 Å². The Morgan fingerprint density at radius 2 is 2.00 bits per heavy atom. The summed E-state index contributed by atoms with van der Waals surface area (Å²) < 4.78 is 0. The number of hydrogen-bond acceptors (Lipinski definition) is 6. The van der Waals surface area contributed by atoms with E-state index in [1.807, 2.05) is 18.2 Å². The summed E-state index contributed by atoms with van der Waals surface area (Å²) in [5.41, 5.74) is 5.69. The van der Waals surface area contributed by atoms with Gasteiger partial charge in [0.15, 0.2) is 0 Å². The molecule has 2 aliphatic rings. The lowest BCUT2D eigenvalue weighted by Gasteiger charge is -2.36. The number of amidine groups is 1. The van der Waals surface area contributed by atoms with Gasteiger partial charge in [-0.15, -0.1) is 11.3 Å². The van der Waals surface area contributed by atoms with Crippen molar-refractivity contribution in [2.45, 2.75) is 19.4 Å². The smallest absolute Gasteiger partial charge is 0.139 e. The number of aryl methyl sites for hydroxylation is 1. The van der Waals surface area contributed by atoms with Crippen molar-refractivity contribution in [2.24, 2.45) is 4.99 Å². The van der Waals surface area contributed by atoms with Crippen LogP contribution in [-0.2, 0) is 6.42 Å². The number of benzene rings is 2.